The van der Waals surface area contributed by atoms with Crippen LogP contribution in [0.5, 0.6) is 0 Å². The number of aromatic nitrogens is 1. The molecule has 0 aliphatic carbocycles. The maximum absolute atomic E-state index is 14.0. The van der Waals surface area contributed by atoms with Crippen molar-refractivity contribution in [3.05, 3.63) is 59.9 Å². The lowest BCUT2D eigenvalue weighted by atomic mass is 9.99. The summed E-state index contributed by atoms with van der Waals surface area (Å²) in [5.41, 5.74) is -1.34. The monoisotopic (exact) mass is 405 g/mol. The van der Waals surface area contributed by atoms with Gasteiger partial charge in [-0.3, -0.25) is 4.55 Å². The lowest BCUT2D eigenvalue weighted by Gasteiger charge is -2.08. The molecule has 0 saturated heterocycles. The average Bonchev–Trinajstić information content (AvgIpc) is 2.99. The summed E-state index contributed by atoms with van der Waals surface area (Å²) in [7, 11) is -4.90. The molecule has 27 heavy (non-hydrogen) atoms. The molecule has 0 radical (unpaired) electrons. The van der Waals surface area contributed by atoms with Crippen molar-refractivity contribution in [1.82, 2.24) is 5.16 Å². The topological polar surface area (TPSA) is 80.4 Å². The van der Waals surface area contributed by atoms with Crippen molar-refractivity contribution in [2.75, 3.05) is 0 Å². The summed E-state index contributed by atoms with van der Waals surface area (Å²) < 4.78 is 102. The SMILES string of the molecule is O=S(=O)(O)c1ccc(-c2c(-c3ccc(F)cc3)noc2C(F)(F)F)cc1F. The van der Waals surface area contributed by atoms with Gasteiger partial charge < -0.3 is 4.52 Å². The minimum absolute atomic E-state index is 0.0601. The van der Waals surface area contributed by atoms with Gasteiger partial charge in [0.2, 0.25) is 5.76 Å². The van der Waals surface area contributed by atoms with E-state index in [-0.39, 0.29) is 11.3 Å². The highest BCUT2D eigenvalue weighted by Crippen LogP contribution is 2.43. The number of halogens is 5. The van der Waals surface area contributed by atoms with Crippen LogP contribution in [0.15, 0.2) is 51.9 Å². The van der Waals surface area contributed by atoms with Crippen molar-refractivity contribution < 1.29 is 39.4 Å². The molecule has 0 spiro atoms. The summed E-state index contributed by atoms with van der Waals surface area (Å²) in [5, 5.41) is 3.35. The van der Waals surface area contributed by atoms with E-state index in [1.807, 2.05) is 0 Å². The van der Waals surface area contributed by atoms with Crippen LogP contribution in [0.2, 0.25) is 0 Å². The van der Waals surface area contributed by atoms with E-state index in [0.29, 0.717) is 12.1 Å². The van der Waals surface area contributed by atoms with Gasteiger partial charge in [0, 0.05) is 5.56 Å². The van der Waals surface area contributed by atoms with Crippen LogP contribution in [0.25, 0.3) is 22.4 Å². The van der Waals surface area contributed by atoms with Gasteiger partial charge in [-0.25, -0.2) is 8.78 Å². The lowest BCUT2D eigenvalue weighted by molar-refractivity contribution is -0.154. The van der Waals surface area contributed by atoms with E-state index in [1.165, 1.54) is 0 Å². The van der Waals surface area contributed by atoms with Crippen molar-refractivity contribution in [2.24, 2.45) is 0 Å². The van der Waals surface area contributed by atoms with Crippen LogP contribution < -0.4 is 0 Å². The molecule has 11 heteroatoms. The Morgan fingerprint density at radius 1 is 0.963 bits per heavy atom. The standard InChI is InChI=1S/C16H8F5NO4S/c17-10-4-1-8(2-5-10)14-13(15(26-22-14)16(19,20)21)9-3-6-12(11(18)7-9)27(23,24)25/h1-7H,(H,23,24,25). The van der Waals surface area contributed by atoms with Gasteiger partial charge in [0.05, 0.1) is 5.56 Å². The first-order chi connectivity index (χ1) is 12.5. The normalized spacial score (nSPS) is 12.4. The molecule has 0 aliphatic rings. The molecular weight excluding hydrogens is 397 g/mol. The highest BCUT2D eigenvalue weighted by molar-refractivity contribution is 7.85. The zero-order valence-electron chi connectivity index (χ0n) is 13.0. The number of hydrogen-bond acceptors (Lipinski definition) is 4. The van der Waals surface area contributed by atoms with E-state index >= 15 is 0 Å². The quantitative estimate of drug-likeness (QED) is 0.511. The molecule has 0 saturated carbocycles. The van der Waals surface area contributed by atoms with Gasteiger partial charge in [0.15, 0.2) is 0 Å². The number of benzene rings is 2. The maximum Gasteiger partial charge on any atom is 0.453 e. The molecular formula is C16H8F5NO4S. The Balaban J connectivity index is 2.26. The van der Waals surface area contributed by atoms with Crippen molar-refractivity contribution in [2.45, 2.75) is 11.1 Å². The number of rotatable bonds is 3. The molecule has 2 aromatic carbocycles. The van der Waals surface area contributed by atoms with Gasteiger partial charge in [-0.15, -0.1) is 0 Å². The Morgan fingerprint density at radius 2 is 1.56 bits per heavy atom. The first kappa shape index (κ1) is 19.0. The second-order valence-corrected chi connectivity index (χ2v) is 6.75. The summed E-state index contributed by atoms with van der Waals surface area (Å²) in [6, 6.07) is 6.26. The zero-order chi connectivity index (χ0) is 20.0. The average molecular weight is 405 g/mol. The number of hydrogen-bond donors (Lipinski definition) is 1. The Bertz CT molecular complexity index is 1100. The van der Waals surface area contributed by atoms with Crippen LogP contribution in [0, 0.1) is 11.6 Å². The van der Waals surface area contributed by atoms with Gasteiger partial charge in [-0.1, -0.05) is 11.2 Å². The molecule has 3 rings (SSSR count). The van der Waals surface area contributed by atoms with E-state index in [4.69, 9.17) is 4.55 Å². The van der Waals surface area contributed by atoms with Crippen LogP contribution in [-0.2, 0) is 16.3 Å². The van der Waals surface area contributed by atoms with Crippen molar-refractivity contribution in [1.29, 1.82) is 0 Å². The number of nitrogens with zero attached hydrogens (tertiary/aromatic N) is 1. The molecule has 3 aromatic rings. The van der Waals surface area contributed by atoms with E-state index in [0.717, 1.165) is 30.3 Å². The first-order valence-corrected chi connectivity index (χ1v) is 8.52. The van der Waals surface area contributed by atoms with Crippen LogP contribution in [-0.4, -0.2) is 18.1 Å². The van der Waals surface area contributed by atoms with Crippen LogP contribution >= 0.6 is 0 Å². The predicted octanol–water partition coefficient (Wildman–Crippen LogP) is 4.55. The fourth-order valence-electron chi connectivity index (χ4n) is 2.42. The van der Waals surface area contributed by atoms with E-state index in [9.17, 15) is 30.4 Å². The summed E-state index contributed by atoms with van der Waals surface area (Å²) in [6.07, 6.45) is -4.99. The molecule has 0 fully saturated rings. The van der Waals surface area contributed by atoms with E-state index in [2.05, 4.69) is 9.68 Å². The van der Waals surface area contributed by atoms with Gasteiger partial charge in [-0.05, 0) is 42.0 Å². The summed E-state index contributed by atoms with van der Waals surface area (Å²) in [4.78, 5) is -1.10. The Hall–Kier alpha value is -2.79. The van der Waals surface area contributed by atoms with Crippen molar-refractivity contribution in [3.8, 4) is 22.4 Å². The predicted molar refractivity (Wildman–Crippen MR) is 82.1 cm³/mol. The molecule has 142 valence electrons. The molecule has 0 bridgehead atoms. The van der Waals surface area contributed by atoms with Crippen LogP contribution in [0.3, 0.4) is 0 Å². The third-order valence-corrected chi connectivity index (χ3v) is 4.45. The van der Waals surface area contributed by atoms with Crippen LogP contribution in [0.1, 0.15) is 5.76 Å². The fourth-order valence-corrected chi connectivity index (χ4v) is 2.97. The molecule has 5 nitrogen and oxygen atoms in total. The zero-order valence-corrected chi connectivity index (χ0v) is 13.8. The Labute approximate surface area is 148 Å². The minimum atomic E-state index is -4.99. The summed E-state index contributed by atoms with van der Waals surface area (Å²) in [6.45, 7) is 0. The van der Waals surface area contributed by atoms with Gasteiger partial charge in [0.25, 0.3) is 10.1 Å². The summed E-state index contributed by atoms with van der Waals surface area (Å²) in [5.74, 6) is -3.64. The van der Waals surface area contributed by atoms with E-state index < -0.39 is 49.7 Å². The Morgan fingerprint density at radius 3 is 2.07 bits per heavy atom. The maximum atomic E-state index is 14.0. The first-order valence-electron chi connectivity index (χ1n) is 7.08. The Kier molecular flexibility index (Phi) is 4.52. The van der Waals surface area contributed by atoms with Gasteiger partial charge in [-0.2, -0.15) is 21.6 Å². The molecule has 0 aliphatic heterocycles. The molecule has 0 unspecified atom stereocenters. The molecule has 1 heterocycles. The third kappa shape index (κ3) is 3.69. The minimum Gasteiger partial charge on any atom is -0.350 e. The van der Waals surface area contributed by atoms with Crippen LogP contribution in [0.4, 0.5) is 22.0 Å². The molecule has 0 amide bonds. The van der Waals surface area contributed by atoms with Gasteiger partial charge in [0.1, 0.15) is 22.2 Å². The summed E-state index contributed by atoms with van der Waals surface area (Å²) >= 11 is 0. The third-order valence-electron chi connectivity index (χ3n) is 3.57. The molecule has 0 atom stereocenters. The number of alkyl halides is 3. The van der Waals surface area contributed by atoms with Gasteiger partial charge >= 0.3 is 6.18 Å². The highest BCUT2D eigenvalue weighted by atomic mass is 32.2. The second-order valence-electron chi connectivity index (χ2n) is 5.36. The lowest BCUT2D eigenvalue weighted by Crippen LogP contribution is -2.06. The fraction of sp³-hybridized carbons (Fsp3) is 0.0625. The largest absolute Gasteiger partial charge is 0.453 e. The highest BCUT2D eigenvalue weighted by Gasteiger charge is 2.41. The van der Waals surface area contributed by atoms with Crippen molar-refractivity contribution >= 4 is 10.1 Å². The van der Waals surface area contributed by atoms with Crippen molar-refractivity contribution in [3.63, 3.8) is 0 Å². The second kappa shape index (κ2) is 6.43. The molecule has 1 aromatic heterocycles. The smallest absolute Gasteiger partial charge is 0.350 e. The molecule has 1 N–H and O–H groups in total. The van der Waals surface area contributed by atoms with E-state index in [1.54, 1.807) is 0 Å².